The summed E-state index contributed by atoms with van der Waals surface area (Å²) in [5.74, 6) is 0.722. The molecule has 1 aromatic heterocycles. The Bertz CT molecular complexity index is 447. The van der Waals surface area contributed by atoms with Crippen LogP contribution in [0.2, 0.25) is 0 Å². The summed E-state index contributed by atoms with van der Waals surface area (Å²) >= 11 is 0. The average molecular weight is 248 g/mol. The van der Waals surface area contributed by atoms with Gasteiger partial charge in [0.1, 0.15) is 5.75 Å². The van der Waals surface area contributed by atoms with E-state index < -0.39 is 5.41 Å². The third-order valence-electron chi connectivity index (χ3n) is 3.83. The molecule has 2 rings (SSSR count). The van der Waals surface area contributed by atoms with E-state index in [2.05, 4.69) is 4.98 Å². The Morgan fingerprint density at radius 2 is 2.39 bits per heavy atom. The lowest BCUT2D eigenvalue weighted by Gasteiger charge is -2.27. The van der Waals surface area contributed by atoms with Crippen LogP contribution in [0, 0.1) is 5.41 Å². The van der Waals surface area contributed by atoms with Gasteiger partial charge in [-0.25, -0.2) is 0 Å². The molecule has 0 aromatic carbocycles. The Morgan fingerprint density at radius 3 is 3.00 bits per heavy atom. The summed E-state index contributed by atoms with van der Waals surface area (Å²) in [5.41, 5.74) is 6.22. The quantitative estimate of drug-likeness (QED) is 0.829. The van der Waals surface area contributed by atoms with Gasteiger partial charge in [0, 0.05) is 23.2 Å². The summed E-state index contributed by atoms with van der Waals surface area (Å²) in [5, 5.41) is 0. The molecular formula is C14H20N2O2. The molecule has 1 aliphatic carbocycles. The normalized spacial score (nSPS) is 27.2. The van der Waals surface area contributed by atoms with Crippen molar-refractivity contribution in [3.05, 3.63) is 24.0 Å². The van der Waals surface area contributed by atoms with Crippen molar-refractivity contribution in [1.82, 2.24) is 4.98 Å². The first-order valence-electron chi connectivity index (χ1n) is 6.46. The zero-order chi connectivity index (χ0) is 13.2. The summed E-state index contributed by atoms with van der Waals surface area (Å²) in [6, 6.07) is 1.70. The number of nitrogens with two attached hydrogens (primary N) is 1. The van der Waals surface area contributed by atoms with Gasteiger partial charge in [-0.05, 0) is 25.8 Å². The Labute approximate surface area is 108 Å². The number of hydrogen-bond acceptors (Lipinski definition) is 4. The minimum atomic E-state index is -0.452. The first kappa shape index (κ1) is 13.0. The third-order valence-corrected chi connectivity index (χ3v) is 3.83. The molecule has 2 N–H and O–H groups in total. The number of Topliss-reactive ketones (excluding diaryl/α,β-unsaturated/α-hetero) is 1. The first-order chi connectivity index (χ1) is 8.58. The number of pyridine rings is 1. The van der Waals surface area contributed by atoms with Gasteiger partial charge in [-0.15, -0.1) is 0 Å². The lowest BCUT2D eigenvalue weighted by atomic mass is 9.78. The van der Waals surface area contributed by atoms with Crippen LogP contribution in [0.25, 0.3) is 0 Å². The molecule has 0 saturated heterocycles. The molecule has 98 valence electrons. The van der Waals surface area contributed by atoms with Crippen LogP contribution in [0.15, 0.2) is 18.5 Å². The van der Waals surface area contributed by atoms with Crippen LogP contribution in [-0.2, 0) is 0 Å². The molecule has 1 saturated carbocycles. The molecule has 4 heteroatoms. The van der Waals surface area contributed by atoms with Crippen LogP contribution in [0.4, 0.5) is 0 Å². The molecule has 1 fully saturated rings. The Morgan fingerprint density at radius 1 is 1.61 bits per heavy atom. The number of ketones is 1. The van der Waals surface area contributed by atoms with E-state index in [4.69, 9.17) is 10.5 Å². The van der Waals surface area contributed by atoms with Crippen LogP contribution < -0.4 is 10.5 Å². The molecular weight excluding hydrogens is 228 g/mol. The highest BCUT2D eigenvalue weighted by atomic mass is 16.5. The van der Waals surface area contributed by atoms with Gasteiger partial charge in [0.2, 0.25) is 0 Å². The van der Waals surface area contributed by atoms with E-state index in [1.165, 1.54) is 0 Å². The molecule has 2 unspecified atom stereocenters. The lowest BCUT2D eigenvalue weighted by Crippen LogP contribution is -2.41. The number of aromatic nitrogens is 1. The maximum absolute atomic E-state index is 12.6. The molecule has 0 aliphatic heterocycles. The summed E-state index contributed by atoms with van der Waals surface area (Å²) in [4.78, 5) is 16.6. The Hall–Kier alpha value is -1.42. The van der Waals surface area contributed by atoms with Crippen LogP contribution in [0.1, 0.15) is 43.5 Å². The zero-order valence-electron chi connectivity index (χ0n) is 11.0. The predicted octanol–water partition coefficient (Wildman–Crippen LogP) is 2.18. The van der Waals surface area contributed by atoms with Crippen LogP contribution in [0.3, 0.4) is 0 Å². The van der Waals surface area contributed by atoms with Gasteiger partial charge < -0.3 is 10.5 Å². The minimum Gasteiger partial charge on any atom is -0.492 e. The highest BCUT2D eigenvalue weighted by Crippen LogP contribution is 2.39. The fourth-order valence-electron chi connectivity index (χ4n) is 2.59. The van der Waals surface area contributed by atoms with Crippen molar-refractivity contribution < 1.29 is 9.53 Å². The van der Waals surface area contributed by atoms with Crippen LogP contribution in [0.5, 0.6) is 5.75 Å². The molecule has 0 radical (unpaired) electrons. The van der Waals surface area contributed by atoms with E-state index in [1.807, 2.05) is 13.8 Å². The first-order valence-corrected chi connectivity index (χ1v) is 6.46. The van der Waals surface area contributed by atoms with E-state index >= 15 is 0 Å². The van der Waals surface area contributed by atoms with Gasteiger partial charge in [0.15, 0.2) is 5.78 Å². The average Bonchev–Trinajstić information content (AvgIpc) is 2.71. The molecule has 4 nitrogen and oxygen atoms in total. The van der Waals surface area contributed by atoms with Crippen molar-refractivity contribution >= 4 is 5.78 Å². The summed E-state index contributed by atoms with van der Waals surface area (Å²) in [6.07, 6.45) is 6.01. The van der Waals surface area contributed by atoms with E-state index in [9.17, 15) is 4.79 Å². The van der Waals surface area contributed by atoms with E-state index in [0.29, 0.717) is 17.9 Å². The smallest absolute Gasteiger partial charge is 0.171 e. The van der Waals surface area contributed by atoms with Crippen molar-refractivity contribution in [3.63, 3.8) is 0 Å². The molecule has 1 aromatic rings. The molecule has 0 bridgehead atoms. The van der Waals surface area contributed by atoms with Crippen molar-refractivity contribution in [3.8, 4) is 5.75 Å². The number of nitrogens with zero attached hydrogens (tertiary/aromatic N) is 1. The Balaban J connectivity index is 2.25. The molecule has 2 atom stereocenters. The number of ether oxygens (including phenoxy) is 1. The fraction of sp³-hybridized carbons (Fsp3) is 0.571. The number of carbonyl (C=O) groups is 1. The second-order valence-corrected chi connectivity index (χ2v) is 5.09. The van der Waals surface area contributed by atoms with Gasteiger partial charge in [0.05, 0.1) is 12.8 Å². The molecule has 1 heterocycles. The van der Waals surface area contributed by atoms with Gasteiger partial charge in [-0.1, -0.05) is 13.3 Å². The summed E-state index contributed by atoms with van der Waals surface area (Å²) in [7, 11) is 0. The predicted molar refractivity (Wildman–Crippen MR) is 69.7 cm³/mol. The highest BCUT2D eigenvalue weighted by Gasteiger charge is 2.43. The van der Waals surface area contributed by atoms with Gasteiger partial charge in [-0.2, -0.15) is 0 Å². The standard InChI is InChI=1S/C14H20N2O2/c1-3-18-11-7-10(8-16-9-11)13(17)14(2)6-4-5-12(14)15/h7-9,12H,3-6,15H2,1-2H3. The molecule has 18 heavy (non-hydrogen) atoms. The SMILES string of the molecule is CCOc1cncc(C(=O)C2(C)CCCC2N)c1. The molecule has 0 spiro atoms. The maximum Gasteiger partial charge on any atom is 0.171 e. The zero-order valence-corrected chi connectivity index (χ0v) is 11.0. The number of carbonyl (C=O) groups excluding carboxylic acids is 1. The molecule has 1 aliphatic rings. The number of rotatable bonds is 4. The van der Waals surface area contributed by atoms with Gasteiger partial charge in [0.25, 0.3) is 0 Å². The largest absolute Gasteiger partial charge is 0.492 e. The van der Waals surface area contributed by atoms with Crippen LogP contribution in [-0.4, -0.2) is 23.4 Å². The monoisotopic (exact) mass is 248 g/mol. The van der Waals surface area contributed by atoms with Crippen LogP contribution >= 0.6 is 0 Å². The maximum atomic E-state index is 12.6. The fourth-order valence-corrected chi connectivity index (χ4v) is 2.59. The second kappa shape index (κ2) is 5.06. The van der Waals surface area contributed by atoms with Gasteiger partial charge >= 0.3 is 0 Å². The summed E-state index contributed by atoms with van der Waals surface area (Å²) in [6.45, 7) is 4.43. The second-order valence-electron chi connectivity index (χ2n) is 5.09. The topological polar surface area (TPSA) is 65.2 Å². The molecule has 0 amide bonds. The third kappa shape index (κ3) is 2.25. The highest BCUT2D eigenvalue weighted by molar-refractivity contribution is 6.01. The number of hydrogen-bond donors (Lipinski definition) is 1. The van der Waals surface area contributed by atoms with E-state index in [0.717, 1.165) is 19.3 Å². The summed E-state index contributed by atoms with van der Waals surface area (Å²) < 4.78 is 5.37. The van der Waals surface area contributed by atoms with Crippen molar-refractivity contribution in [2.24, 2.45) is 11.1 Å². The van der Waals surface area contributed by atoms with Crippen molar-refractivity contribution in [2.45, 2.75) is 39.2 Å². The van der Waals surface area contributed by atoms with E-state index in [1.54, 1.807) is 18.5 Å². The van der Waals surface area contributed by atoms with Gasteiger partial charge in [-0.3, -0.25) is 9.78 Å². The van der Waals surface area contributed by atoms with Crippen molar-refractivity contribution in [2.75, 3.05) is 6.61 Å². The van der Waals surface area contributed by atoms with E-state index in [-0.39, 0.29) is 11.8 Å². The Kier molecular flexibility index (Phi) is 3.66. The minimum absolute atomic E-state index is 0.0549. The lowest BCUT2D eigenvalue weighted by molar-refractivity contribution is 0.0801. The van der Waals surface area contributed by atoms with Crippen molar-refractivity contribution in [1.29, 1.82) is 0 Å².